The quantitative estimate of drug-likeness (QED) is 0.759. The summed E-state index contributed by atoms with van der Waals surface area (Å²) in [4.78, 5) is 3.93. The van der Waals surface area contributed by atoms with E-state index in [2.05, 4.69) is 4.98 Å². The molecule has 0 aromatic carbocycles. The number of hydrogen-bond donors (Lipinski definition) is 0. The number of sulfonamides is 1. The molecule has 0 saturated carbocycles. The molecule has 1 fully saturated rings. The van der Waals surface area contributed by atoms with E-state index in [0.29, 0.717) is 6.42 Å². The number of rotatable bonds is 7. The average molecular weight is 348 g/mol. The fraction of sp³-hybridized carbons (Fsp3) is 0.667. The zero-order valence-electron chi connectivity index (χ0n) is 13.1. The number of pyridine rings is 1. The fourth-order valence-corrected chi connectivity index (χ4v) is 4.12. The summed E-state index contributed by atoms with van der Waals surface area (Å²) < 4.78 is 58.7. The Morgan fingerprint density at radius 2 is 2.26 bits per heavy atom. The van der Waals surface area contributed by atoms with Crippen molar-refractivity contribution in [3.63, 3.8) is 0 Å². The lowest BCUT2D eigenvalue weighted by Gasteiger charge is -2.37. The van der Waals surface area contributed by atoms with E-state index in [4.69, 9.17) is 4.74 Å². The van der Waals surface area contributed by atoms with Crippen molar-refractivity contribution in [3.8, 4) is 0 Å². The van der Waals surface area contributed by atoms with E-state index in [0.717, 1.165) is 5.56 Å². The van der Waals surface area contributed by atoms with Gasteiger partial charge in [-0.2, -0.15) is 0 Å². The van der Waals surface area contributed by atoms with Crippen LogP contribution >= 0.6 is 0 Å². The molecule has 130 valence electrons. The van der Waals surface area contributed by atoms with Crippen LogP contribution in [0.5, 0.6) is 0 Å². The number of ether oxygens (including phenoxy) is 1. The Bertz CT molecular complexity index is 596. The van der Waals surface area contributed by atoms with E-state index in [1.165, 1.54) is 4.31 Å². The Hall–Kier alpha value is -1.12. The van der Waals surface area contributed by atoms with Gasteiger partial charge >= 0.3 is 0 Å². The molecule has 0 spiro atoms. The van der Waals surface area contributed by atoms with Crippen LogP contribution in [0, 0.1) is 5.92 Å². The molecule has 1 aromatic heterocycles. The number of nitrogens with zero attached hydrogens (tertiary/aromatic N) is 2. The lowest BCUT2D eigenvalue weighted by Crippen LogP contribution is -2.51. The van der Waals surface area contributed by atoms with Crippen LogP contribution < -0.4 is 0 Å². The van der Waals surface area contributed by atoms with Gasteiger partial charge in [0.05, 0.1) is 24.9 Å². The molecule has 0 unspecified atom stereocenters. The molecular weight excluding hydrogens is 326 g/mol. The second-order valence-electron chi connectivity index (χ2n) is 5.76. The van der Waals surface area contributed by atoms with Gasteiger partial charge in [-0.25, -0.2) is 21.5 Å². The lowest BCUT2D eigenvalue weighted by molar-refractivity contribution is -0.118. The number of piperidine rings is 1. The SMILES string of the molecule is CCCS(=O)(=O)N1CCC(F)(F)[C@@H](COCc2cccnc2)C1. The van der Waals surface area contributed by atoms with Crippen LogP contribution in [0.15, 0.2) is 24.5 Å². The van der Waals surface area contributed by atoms with E-state index in [-0.39, 0.29) is 32.1 Å². The first-order valence-electron chi connectivity index (χ1n) is 7.67. The van der Waals surface area contributed by atoms with Gasteiger partial charge in [-0.1, -0.05) is 13.0 Å². The minimum absolute atomic E-state index is 0.0121. The third-order valence-corrected chi connectivity index (χ3v) is 5.92. The Labute approximate surface area is 135 Å². The number of aromatic nitrogens is 1. The smallest absolute Gasteiger partial charge is 0.255 e. The molecule has 0 radical (unpaired) electrons. The second-order valence-corrected chi connectivity index (χ2v) is 7.85. The topological polar surface area (TPSA) is 59.5 Å². The molecule has 5 nitrogen and oxygen atoms in total. The third kappa shape index (κ3) is 4.92. The molecule has 1 atom stereocenters. The van der Waals surface area contributed by atoms with Crippen molar-refractivity contribution in [2.24, 2.45) is 5.92 Å². The maximum Gasteiger partial charge on any atom is 0.255 e. The van der Waals surface area contributed by atoms with Crippen molar-refractivity contribution in [3.05, 3.63) is 30.1 Å². The van der Waals surface area contributed by atoms with Crippen LogP contribution in [0.3, 0.4) is 0 Å². The van der Waals surface area contributed by atoms with Crippen LogP contribution in [0.2, 0.25) is 0 Å². The first-order chi connectivity index (χ1) is 10.8. The zero-order chi connectivity index (χ0) is 16.9. The van der Waals surface area contributed by atoms with Gasteiger partial charge in [0.25, 0.3) is 5.92 Å². The normalized spacial score (nSPS) is 22.1. The molecule has 1 aliphatic rings. The Kier molecular flexibility index (Phi) is 6.05. The molecule has 0 aliphatic carbocycles. The minimum atomic E-state index is -3.46. The van der Waals surface area contributed by atoms with Gasteiger partial charge in [-0.3, -0.25) is 4.98 Å². The molecule has 23 heavy (non-hydrogen) atoms. The zero-order valence-corrected chi connectivity index (χ0v) is 13.9. The van der Waals surface area contributed by atoms with Crippen LogP contribution in [0.1, 0.15) is 25.3 Å². The largest absolute Gasteiger partial charge is 0.376 e. The van der Waals surface area contributed by atoms with Crippen LogP contribution in [-0.4, -0.2) is 49.1 Å². The van der Waals surface area contributed by atoms with Crippen molar-refractivity contribution in [1.29, 1.82) is 0 Å². The highest BCUT2D eigenvalue weighted by Crippen LogP contribution is 2.35. The molecule has 0 bridgehead atoms. The van der Waals surface area contributed by atoms with Crippen molar-refractivity contribution in [1.82, 2.24) is 9.29 Å². The number of hydrogen-bond acceptors (Lipinski definition) is 4. The van der Waals surface area contributed by atoms with Crippen LogP contribution in [-0.2, 0) is 21.4 Å². The minimum Gasteiger partial charge on any atom is -0.376 e. The van der Waals surface area contributed by atoms with Crippen molar-refractivity contribution in [2.45, 2.75) is 32.3 Å². The summed E-state index contributed by atoms with van der Waals surface area (Å²) in [6.07, 6.45) is 3.24. The van der Waals surface area contributed by atoms with E-state index < -0.39 is 28.3 Å². The van der Waals surface area contributed by atoms with Gasteiger partial charge in [0, 0.05) is 31.9 Å². The number of halogens is 2. The Morgan fingerprint density at radius 1 is 1.48 bits per heavy atom. The maximum atomic E-state index is 14.0. The fourth-order valence-electron chi connectivity index (χ4n) is 2.57. The summed E-state index contributed by atoms with van der Waals surface area (Å²) >= 11 is 0. The Balaban J connectivity index is 1.94. The molecule has 8 heteroatoms. The van der Waals surface area contributed by atoms with Gasteiger partial charge in [0.2, 0.25) is 10.0 Å². The van der Waals surface area contributed by atoms with Gasteiger partial charge in [-0.15, -0.1) is 0 Å². The summed E-state index contributed by atoms with van der Waals surface area (Å²) in [6, 6.07) is 3.54. The summed E-state index contributed by atoms with van der Waals surface area (Å²) in [7, 11) is -3.46. The molecule has 0 N–H and O–H groups in total. The predicted molar refractivity (Wildman–Crippen MR) is 82.6 cm³/mol. The first-order valence-corrected chi connectivity index (χ1v) is 9.28. The van der Waals surface area contributed by atoms with E-state index in [1.807, 2.05) is 0 Å². The lowest BCUT2D eigenvalue weighted by atomic mass is 9.96. The standard InChI is InChI=1S/C15H22F2N2O3S/c1-2-8-23(20,21)19-7-5-15(16,17)14(10-19)12-22-11-13-4-3-6-18-9-13/h3-4,6,9,14H,2,5,7-8,10-12H2,1H3/t14-/m1/s1. The van der Waals surface area contributed by atoms with E-state index in [1.54, 1.807) is 31.5 Å². The highest BCUT2D eigenvalue weighted by atomic mass is 32.2. The first kappa shape index (κ1) is 18.2. The van der Waals surface area contributed by atoms with Gasteiger partial charge in [0.1, 0.15) is 0 Å². The highest BCUT2D eigenvalue weighted by molar-refractivity contribution is 7.89. The van der Waals surface area contributed by atoms with Crippen molar-refractivity contribution in [2.75, 3.05) is 25.4 Å². The van der Waals surface area contributed by atoms with Crippen LogP contribution in [0.4, 0.5) is 8.78 Å². The summed E-state index contributed by atoms with van der Waals surface area (Å²) in [5.41, 5.74) is 0.794. The van der Waals surface area contributed by atoms with Gasteiger partial charge in [0.15, 0.2) is 0 Å². The molecule has 1 saturated heterocycles. The summed E-state index contributed by atoms with van der Waals surface area (Å²) in [5, 5.41) is 0. The van der Waals surface area contributed by atoms with Crippen molar-refractivity contribution < 1.29 is 21.9 Å². The highest BCUT2D eigenvalue weighted by Gasteiger charge is 2.46. The molecular formula is C15H22F2N2O3S. The predicted octanol–water partition coefficient (Wildman–Crippen LogP) is 2.30. The summed E-state index contributed by atoms with van der Waals surface area (Å²) in [5.74, 6) is -4.05. The number of alkyl halides is 2. The summed E-state index contributed by atoms with van der Waals surface area (Å²) in [6.45, 7) is 1.43. The monoisotopic (exact) mass is 348 g/mol. The molecule has 0 amide bonds. The molecule has 1 aromatic rings. The maximum absolute atomic E-state index is 14.0. The van der Waals surface area contributed by atoms with Crippen molar-refractivity contribution >= 4 is 10.0 Å². The molecule has 1 aliphatic heterocycles. The Morgan fingerprint density at radius 3 is 2.91 bits per heavy atom. The molecule has 2 heterocycles. The third-order valence-electron chi connectivity index (χ3n) is 3.88. The second kappa shape index (κ2) is 7.63. The van der Waals surface area contributed by atoms with E-state index >= 15 is 0 Å². The van der Waals surface area contributed by atoms with Crippen LogP contribution in [0.25, 0.3) is 0 Å². The molecule has 2 rings (SSSR count). The van der Waals surface area contributed by atoms with Gasteiger partial charge < -0.3 is 4.74 Å². The average Bonchev–Trinajstić information content (AvgIpc) is 2.49. The van der Waals surface area contributed by atoms with E-state index in [9.17, 15) is 17.2 Å². The van der Waals surface area contributed by atoms with Gasteiger partial charge in [-0.05, 0) is 18.1 Å².